The molecule has 5 rings (SSSR count). The van der Waals surface area contributed by atoms with Gasteiger partial charge in [-0.3, -0.25) is 19.4 Å². The van der Waals surface area contributed by atoms with E-state index in [1.54, 1.807) is 7.11 Å². The van der Waals surface area contributed by atoms with Gasteiger partial charge in [0.2, 0.25) is 5.91 Å². The topological polar surface area (TPSA) is 100 Å². The molecule has 45 heavy (non-hydrogen) atoms. The minimum atomic E-state index is -0.580. The lowest BCUT2D eigenvalue weighted by Crippen LogP contribution is -2.64. The summed E-state index contributed by atoms with van der Waals surface area (Å²) in [5, 5.41) is 0.984. The number of aromatic nitrogens is 1. The smallest absolute Gasteiger partial charge is 0.410 e. The van der Waals surface area contributed by atoms with Gasteiger partial charge in [-0.1, -0.05) is 0 Å². The summed E-state index contributed by atoms with van der Waals surface area (Å²) >= 11 is 0. The monoisotopic (exact) mass is 626 g/mol. The van der Waals surface area contributed by atoms with Crippen molar-refractivity contribution in [1.29, 1.82) is 0 Å². The van der Waals surface area contributed by atoms with Crippen LogP contribution in [0.15, 0.2) is 24.3 Å². The Morgan fingerprint density at radius 2 is 1.64 bits per heavy atom. The van der Waals surface area contributed by atoms with E-state index < -0.39 is 5.60 Å². The number of piperazine rings is 2. The highest BCUT2D eigenvalue weighted by molar-refractivity contribution is 5.99. The number of ether oxygens (including phenoxy) is 3. The van der Waals surface area contributed by atoms with Gasteiger partial charge in [-0.05, 0) is 52.8 Å². The van der Waals surface area contributed by atoms with Gasteiger partial charge in [-0.25, -0.2) is 4.79 Å². The van der Waals surface area contributed by atoms with Crippen LogP contribution < -0.4 is 4.74 Å². The van der Waals surface area contributed by atoms with Crippen molar-refractivity contribution in [3.05, 3.63) is 30.0 Å². The van der Waals surface area contributed by atoms with Gasteiger partial charge in [0.05, 0.1) is 32.4 Å². The number of methoxy groups -OCH3 is 1. The van der Waals surface area contributed by atoms with Crippen LogP contribution in [-0.4, -0.2) is 150 Å². The molecule has 12 heteroatoms. The van der Waals surface area contributed by atoms with Crippen LogP contribution in [-0.2, 0) is 21.3 Å². The van der Waals surface area contributed by atoms with Crippen molar-refractivity contribution in [3.63, 3.8) is 0 Å². The van der Waals surface area contributed by atoms with Crippen molar-refractivity contribution in [2.45, 2.75) is 58.3 Å². The molecule has 0 aliphatic carbocycles. The zero-order valence-corrected chi connectivity index (χ0v) is 28.0. The van der Waals surface area contributed by atoms with E-state index in [1.807, 2.05) is 78.3 Å². The van der Waals surface area contributed by atoms with Gasteiger partial charge < -0.3 is 33.5 Å². The summed E-state index contributed by atoms with van der Waals surface area (Å²) in [4.78, 5) is 50.5. The minimum Gasteiger partial charge on any atom is -0.497 e. The molecule has 3 aliphatic rings. The summed E-state index contributed by atoms with van der Waals surface area (Å²) in [6.07, 6.45) is -0.313. The molecule has 3 aliphatic heterocycles. The Morgan fingerprint density at radius 1 is 0.933 bits per heavy atom. The molecule has 3 fully saturated rings. The molecule has 0 radical (unpaired) electrons. The molecular formula is C33H50N6O6. The van der Waals surface area contributed by atoms with Crippen molar-refractivity contribution in [2.24, 2.45) is 7.05 Å². The normalized spacial score (nSPS) is 23.8. The molecule has 4 heterocycles. The standard InChI is InChI=1S/C33H50N6O6/c1-23-18-38(26(19-37-14-15-44-22-24(37)2)20-39(23)32(42)45-33(3,4)5)21-30(40)35-10-12-36(13-11-35)31(41)29-16-25-8-9-27(43-7)17-28(25)34(29)6/h8-9,16-17,23-24,26H,10-15,18-22H2,1-7H3/t23?,24-,26?/m1/s1. The molecule has 12 nitrogen and oxygen atoms in total. The van der Waals surface area contributed by atoms with E-state index >= 15 is 0 Å². The third-order valence-electron chi connectivity index (χ3n) is 9.26. The highest BCUT2D eigenvalue weighted by Gasteiger charge is 2.39. The maximum atomic E-state index is 13.7. The molecule has 1 aromatic carbocycles. The van der Waals surface area contributed by atoms with Crippen molar-refractivity contribution in [1.82, 2.24) is 29.1 Å². The SMILES string of the molecule is COc1ccc2cc(C(=O)N3CCN(C(=O)CN4CC(C)N(C(=O)OC(C)(C)C)CC4CN4CCOC[C@H]4C)CC3)n(C)c2c1. The second-order valence-corrected chi connectivity index (χ2v) is 13.7. The molecule has 3 amide bonds. The van der Waals surface area contributed by atoms with Crippen molar-refractivity contribution in [2.75, 3.05) is 79.2 Å². The summed E-state index contributed by atoms with van der Waals surface area (Å²) in [5.41, 5.74) is 0.978. The van der Waals surface area contributed by atoms with Crippen LogP contribution >= 0.6 is 0 Å². The maximum Gasteiger partial charge on any atom is 0.410 e. The van der Waals surface area contributed by atoms with Crippen LogP contribution in [0.25, 0.3) is 10.9 Å². The fourth-order valence-corrected chi connectivity index (χ4v) is 6.59. The van der Waals surface area contributed by atoms with Gasteiger partial charge in [0.25, 0.3) is 5.91 Å². The molecule has 2 unspecified atom stereocenters. The first-order valence-electron chi connectivity index (χ1n) is 16.1. The van der Waals surface area contributed by atoms with Crippen LogP contribution in [0.4, 0.5) is 4.79 Å². The lowest BCUT2D eigenvalue weighted by atomic mass is 10.1. The van der Waals surface area contributed by atoms with Gasteiger partial charge in [0.15, 0.2) is 0 Å². The largest absolute Gasteiger partial charge is 0.497 e. The average Bonchev–Trinajstić information content (AvgIpc) is 3.33. The highest BCUT2D eigenvalue weighted by Crippen LogP contribution is 2.25. The van der Waals surface area contributed by atoms with Gasteiger partial charge >= 0.3 is 6.09 Å². The summed E-state index contributed by atoms with van der Waals surface area (Å²) in [7, 11) is 3.53. The van der Waals surface area contributed by atoms with E-state index in [0.29, 0.717) is 58.2 Å². The highest BCUT2D eigenvalue weighted by atomic mass is 16.6. The Hall–Kier alpha value is -3.35. The number of hydrogen-bond donors (Lipinski definition) is 0. The molecule has 0 saturated carbocycles. The van der Waals surface area contributed by atoms with Crippen molar-refractivity contribution in [3.8, 4) is 5.75 Å². The Morgan fingerprint density at radius 3 is 2.31 bits per heavy atom. The quantitative estimate of drug-likeness (QED) is 0.483. The zero-order chi connectivity index (χ0) is 32.5. The number of rotatable bonds is 6. The Balaban J connectivity index is 1.22. The number of morpholine rings is 1. The number of carbonyl (C=O) groups is 3. The Labute approximate surface area is 266 Å². The molecule has 1 aromatic heterocycles. The van der Waals surface area contributed by atoms with E-state index in [2.05, 4.69) is 16.7 Å². The molecule has 3 saturated heterocycles. The first kappa shape index (κ1) is 33.0. The van der Waals surface area contributed by atoms with E-state index in [9.17, 15) is 14.4 Å². The van der Waals surface area contributed by atoms with E-state index in [1.165, 1.54) is 0 Å². The first-order chi connectivity index (χ1) is 21.3. The number of carbonyl (C=O) groups excluding carboxylic acids is 3. The number of benzene rings is 1. The summed E-state index contributed by atoms with van der Waals surface area (Å²) in [6.45, 7) is 16.0. The fraction of sp³-hybridized carbons (Fsp3) is 0.667. The second-order valence-electron chi connectivity index (χ2n) is 13.7. The molecule has 0 N–H and O–H groups in total. The number of fused-ring (bicyclic) bond motifs is 1. The Kier molecular flexibility index (Phi) is 9.95. The second kappa shape index (κ2) is 13.6. The lowest BCUT2D eigenvalue weighted by Gasteiger charge is -2.48. The van der Waals surface area contributed by atoms with Crippen LogP contribution in [0, 0.1) is 0 Å². The number of aryl methyl sites for hydroxylation is 1. The molecule has 0 bridgehead atoms. The third kappa shape index (κ3) is 7.56. The molecule has 0 spiro atoms. The minimum absolute atomic E-state index is 0.0221. The predicted molar refractivity (Wildman–Crippen MR) is 172 cm³/mol. The van der Waals surface area contributed by atoms with Crippen LogP contribution in [0.2, 0.25) is 0 Å². The fourth-order valence-electron chi connectivity index (χ4n) is 6.59. The zero-order valence-electron chi connectivity index (χ0n) is 28.0. The first-order valence-corrected chi connectivity index (χ1v) is 16.1. The predicted octanol–water partition coefficient (Wildman–Crippen LogP) is 2.50. The van der Waals surface area contributed by atoms with Crippen LogP contribution in [0.5, 0.6) is 5.75 Å². The van der Waals surface area contributed by atoms with E-state index in [-0.39, 0.29) is 42.6 Å². The van der Waals surface area contributed by atoms with Crippen molar-refractivity contribution >= 4 is 28.8 Å². The third-order valence-corrected chi connectivity index (χ3v) is 9.26. The summed E-state index contributed by atoms with van der Waals surface area (Å²) in [5.74, 6) is 0.764. The average molecular weight is 627 g/mol. The lowest BCUT2D eigenvalue weighted by molar-refractivity contribution is -0.136. The van der Waals surface area contributed by atoms with E-state index in [0.717, 1.165) is 29.7 Å². The number of amides is 3. The van der Waals surface area contributed by atoms with Gasteiger partial charge in [0, 0.05) is 89.0 Å². The summed E-state index contributed by atoms with van der Waals surface area (Å²) < 4.78 is 18.7. The van der Waals surface area contributed by atoms with Crippen molar-refractivity contribution < 1.29 is 28.6 Å². The molecular weight excluding hydrogens is 576 g/mol. The number of hydrogen-bond acceptors (Lipinski definition) is 8. The number of nitrogens with zero attached hydrogens (tertiary/aromatic N) is 6. The van der Waals surface area contributed by atoms with Crippen LogP contribution in [0.3, 0.4) is 0 Å². The van der Waals surface area contributed by atoms with Gasteiger partial charge in [-0.2, -0.15) is 0 Å². The Bertz CT molecular complexity index is 1380. The molecule has 3 atom stereocenters. The summed E-state index contributed by atoms with van der Waals surface area (Å²) in [6, 6.07) is 7.85. The maximum absolute atomic E-state index is 13.7. The van der Waals surface area contributed by atoms with E-state index in [4.69, 9.17) is 14.2 Å². The van der Waals surface area contributed by atoms with Gasteiger partial charge in [-0.15, -0.1) is 0 Å². The van der Waals surface area contributed by atoms with Gasteiger partial charge in [0.1, 0.15) is 17.0 Å². The molecule has 2 aromatic rings. The molecule has 248 valence electrons. The van der Waals surface area contributed by atoms with Crippen LogP contribution in [0.1, 0.15) is 45.1 Å².